The molecular formula is C26H35N5O3. The smallest absolute Gasteiger partial charge is 0.259 e. The molecule has 1 saturated heterocycles. The molecule has 5 rings (SSSR count). The van der Waals surface area contributed by atoms with Crippen LogP contribution in [-0.2, 0) is 11.2 Å². The van der Waals surface area contributed by atoms with Crippen molar-refractivity contribution in [3.63, 3.8) is 0 Å². The van der Waals surface area contributed by atoms with Crippen LogP contribution in [0.25, 0.3) is 0 Å². The van der Waals surface area contributed by atoms with Crippen LogP contribution in [0.1, 0.15) is 54.4 Å². The van der Waals surface area contributed by atoms with Gasteiger partial charge < -0.3 is 20.1 Å². The van der Waals surface area contributed by atoms with E-state index in [0.717, 1.165) is 69.3 Å². The van der Waals surface area contributed by atoms with E-state index in [-0.39, 0.29) is 5.91 Å². The number of hydrogen-bond donors (Lipinski definition) is 2. The van der Waals surface area contributed by atoms with Crippen molar-refractivity contribution in [3.05, 3.63) is 41.6 Å². The highest BCUT2D eigenvalue weighted by Crippen LogP contribution is 2.28. The maximum atomic E-state index is 13.8. The third-order valence-electron chi connectivity index (χ3n) is 7.34. The van der Waals surface area contributed by atoms with Crippen LogP contribution in [0.3, 0.4) is 0 Å². The summed E-state index contributed by atoms with van der Waals surface area (Å²) in [5.74, 6) is 2.56. The molecule has 0 atom stereocenters. The number of aromatic nitrogens is 2. The first kappa shape index (κ1) is 23.1. The minimum absolute atomic E-state index is 0.0153. The van der Waals surface area contributed by atoms with Gasteiger partial charge in [-0.15, -0.1) is 0 Å². The van der Waals surface area contributed by atoms with Gasteiger partial charge in [0.1, 0.15) is 11.6 Å². The van der Waals surface area contributed by atoms with Gasteiger partial charge in [0.25, 0.3) is 5.91 Å². The van der Waals surface area contributed by atoms with Crippen LogP contribution in [0, 0.1) is 5.92 Å². The monoisotopic (exact) mass is 465 g/mol. The highest BCUT2D eigenvalue weighted by molar-refractivity contribution is 6.05. The Morgan fingerprint density at radius 2 is 2.00 bits per heavy atom. The summed E-state index contributed by atoms with van der Waals surface area (Å²) in [6.45, 7) is 3.32. The van der Waals surface area contributed by atoms with Gasteiger partial charge in [0.05, 0.1) is 12.7 Å². The third kappa shape index (κ3) is 5.33. The van der Waals surface area contributed by atoms with Crippen LogP contribution < -0.4 is 20.3 Å². The van der Waals surface area contributed by atoms with Crippen molar-refractivity contribution in [1.29, 1.82) is 0 Å². The van der Waals surface area contributed by atoms with E-state index in [0.29, 0.717) is 48.5 Å². The lowest BCUT2D eigenvalue weighted by Crippen LogP contribution is -2.40. The number of benzene rings is 1. The zero-order chi connectivity index (χ0) is 23.3. The summed E-state index contributed by atoms with van der Waals surface area (Å²) in [5, 5.41) is 6.91. The second kappa shape index (κ2) is 10.7. The van der Waals surface area contributed by atoms with Gasteiger partial charge >= 0.3 is 0 Å². The molecule has 2 fully saturated rings. The molecule has 8 heteroatoms. The number of nitrogens with zero attached hydrogens (tertiary/aromatic N) is 3. The third-order valence-corrected chi connectivity index (χ3v) is 7.34. The molecule has 0 bridgehead atoms. The van der Waals surface area contributed by atoms with Gasteiger partial charge in [-0.3, -0.25) is 9.69 Å². The summed E-state index contributed by atoms with van der Waals surface area (Å²) in [6.07, 6.45) is 9.19. The molecule has 2 aliphatic heterocycles. The highest BCUT2D eigenvalue weighted by Gasteiger charge is 2.27. The van der Waals surface area contributed by atoms with E-state index in [2.05, 4.69) is 15.6 Å². The fourth-order valence-electron chi connectivity index (χ4n) is 5.27. The van der Waals surface area contributed by atoms with Crippen molar-refractivity contribution >= 4 is 17.7 Å². The lowest BCUT2D eigenvalue weighted by atomic mass is 9.93. The fraction of sp³-hybridized carbons (Fsp3) is 0.577. The minimum Gasteiger partial charge on any atom is -0.493 e. The predicted octanol–water partition coefficient (Wildman–Crippen LogP) is 3.43. The average molecular weight is 466 g/mol. The first-order valence-electron chi connectivity index (χ1n) is 12.6. The first-order valence-corrected chi connectivity index (χ1v) is 12.6. The second-order valence-corrected chi connectivity index (χ2v) is 9.62. The summed E-state index contributed by atoms with van der Waals surface area (Å²) in [7, 11) is 1.78. The van der Waals surface area contributed by atoms with E-state index < -0.39 is 0 Å². The number of fused-ring (bicyclic) bond motifs is 1. The van der Waals surface area contributed by atoms with Crippen LogP contribution >= 0.6 is 0 Å². The standard InChI is InChI=1S/C26H35N5O3/c1-33-22-5-3-21(4-6-22)29-26-28-14-10-24(30-26)31(17-18-8-12-27-13-9-18)25(32)20-2-7-23-19(16-20)11-15-34-23/h2,7,10,14,16,18,21-22,27H,3-6,8-9,11-13,15,17H2,1H3,(H,28,29,30). The molecule has 0 radical (unpaired) electrons. The number of rotatable bonds is 7. The summed E-state index contributed by atoms with van der Waals surface area (Å²) < 4.78 is 11.1. The number of ether oxygens (including phenoxy) is 2. The summed E-state index contributed by atoms with van der Waals surface area (Å²) in [5.41, 5.74) is 1.79. The highest BCUT2D eigenvalue weighted by atomic mass is 16.5. The number of amides is 1. The minimum atomic E-state index is -0.0153. The van der Waals surface area contributed by atoms with Crippen LogP contribution in [0.5, 0.6) is 5.75 Å². The van der Waals surface area contributed by atoms with Gasteiger partial charge in [-0.2, -0.15) is 4.98 Å². The Hall–Kier alpha value is -2.71. The average Bonchev–Trinajstić information content (AvgIpc) is 3.36. The molecule has 1 saturated carbocycles. The van der Waals surface area contributed by atoms with Crippen molar-refractivity contribution in [2.45, 2.75) is 57.1 Å². The lowest BCUT2D eigenvalue weighted by molar-refractivity contribution is 0.0681. The van der Waals surface area contributed by atoms with E-state index in [1.54, 1.807) is 13.3 Å². The molecule has 1 aliphatic carbocycles. The van der Waals surface area contributed by atoms with E-state index in [9.17, 15) is 4.79 Å². The Balaban J connectivity index is 1.36. The molecule has 182 valence electrons. The molecule has 1 amide bonds. The molecule has 1 aromatic heterocycles. The number of carbonyl (C=O) groups excluding carboxylic acids is 1. The zero-order valence-corrected chi connectivity index (χ0v) is 20.0. The molecule has 0 unspecified atom stereocenters. The number of anilines is 2. The Morgan fingerprint density at radius 1 is 1.18 bits per heavy atom. The molecule has 34 heavy (non-hydrogen) atoms. The van der Waals surface area contributed by atoms with Gasteiger partial charge in [-0.1, -0.05) is 0 Å². The van der Waals surface area contributed by atoms with Crippen molar-refractivity contribution in [3.8, 4) is 5.75 Å². The van der Waals surface area contributed by atoms with Gasteiger partial charge in [-0.05, 0) is 87.4 Å². The molecular weight excluding hydrogens is 430 g/mol. The molecule has 3 aliphatic rings. The van der Waals surface area contributed by atoms with Gasteiger partial charge in [0.2, 0.25) is 5.95 Å². The summed E-state index contributed by atoms with van der Waals surface area (Å²) >= 11 is 0. The molecule has 1 aromatic carbocycles. The van der Waals surface area contributed by atoms with E-state index >= 15 is 0 Å². The Kier molecular flexibility index (Phi) is 7.25. The fourth-order valence-corrected chi connectivity index (χ4v) is 5.27. The topological polar surface area (TPSA) is 88.6 Å². The predicted molar refractivity (Wildman–Crippen MR) is 132 cm³/mol. The van der Waals surface area contributed by atoms with Crippen LogP contribution in [-0.4, -0.2) is 61.4 Å². The Morgan fingerprint density at radius 3 is 2.79 bits per heavy atom. The maximum absolute atomic E-state index is 13.8. The molecule has 8 nitrogen and oxygen atoms in total. The number of hydrogen-bond acceptors (Lipinski definition) is 7. The number of nitrogens with one attached hydrogen (secondary N) is 2. The van der Waals surface area contributed by atoms with Gasteiger partial charge in [0, 0.05) is 37.9 Å². The van der Waals surface area contributed by atoms with E-state index in [1.807, 2.05) is 29.2 Å². The van der Waals surface area contributed by atoms with Crippen molar-refractivity contribution in [2.24, 2.45) is 5.92 Å². The quantitative estimate of drug-likeness (QED) is 0.648. The SMILES string of the molecule is COC1CCC(Nc2nccc(N(CC3CCNCC3)C(=O)c3ccc4c(c3)CCO4)n2)CC1. The van der Waals surface area contributed by atoms with E-state index in [4.69, 9.17) is 14.5 Å². The lowest BCUT2D eigenvalue weighted by Gasteiger charge is -2.30. The molecule has 0 spiro atoms. The summed E-state index contributed by atoms with van der Waals surface area (Å²) in [6, 6.07) is 7.95. The van der Waals surface area contributed by atoms with Gasteiger partial charge in [0.15, 0.2) is 0 Å². The molecule has 2 aromatic rings. The first-order chi connectivity index (χ1) is 16.7. The number of piperidine rings is 1. The largest absolute Gasteiger partial charge is 0.493 e. The van der Waals surface area contributed by atoms with Gasteiger partial charge in [-0.25, -0.2) is 4.98 Å². The Bertz CT molecular complexity index is 986. The van der Waals surface area contributed by atoms with Crippen LogP contribution in [0.15, 0.2) is 30.5 Å². The van der Waals surface area contributed by atoms with Crippen molar-refractivity contribution < 1.29 is 14.3 Å². The van der Waals surface area contributed by atoms with Crippen LogP contribution in [0.4, 0.5) is 11.8 Å². The second-order valence-electron chi connectivity index (χ2n) is 9.62. The van der Waals surface area contributed by atoms with E-state index in [1.165, 1.54) is 0 Å². The normalized spacial score (nSPS) is 22.6. The van der Waals surface area contributed by atoms with Crippen molar-refractivity contribution in [2.75, 3.05) is 43.6 Å². The molecule has 2 N–H and O–H groups in total. The maximum Gasteiger partial charge on any atom is 0.259 e. The number of methoxy groups -OCH3 is 1. The summed E-state index contributed by atoms with van der Waals surface area (Å²) in [4.78, 5) is 24.9. The Labute approximate surface area is 201 Å². The zero-order valence-electron chi connectivity index (χ0n) is 20.0. The van der Waals surface area contributed by atoms with Crippen LogP contribution in [0.2, 0.25) is 0 Å². The number of carbonyl (C=O) groups is 1. The van der Waals surface area contributed by atoms with Crippen molar-refractivity contribution in [1.82, 2.24) is 15.3 Å². The molecule has 3 heterocycles.